The Morgan fingerprint density at radius 2 is 0.765 bits per heavy atom. The van der Waals surface area contributed by atoms with E-state index >= 15 is 0 Å². The fourth-order valence-corrected chi connectivity index (χ4v) is 12.4. The summed E-state index contributed by atoms with van der Waals surface area (Å²) in [6.07, 6.45) is 0. The van der Waals surface area contributed by atoms with Gasteiger partial charge in [-0.2, -0.15) is 0 Å². The second-order valence-electron chi connectivity index (χ2n) is 13.2. The van der Waals surface area contributed by atoms with Crippen LogP contribution in [0.5, 0.6) is 0 Å². The Morgan fingerprint density at radius 1 is 0.333 bits per heavy atom. The van der Waals surface area contributed by atoms with E-state index in [-0.39, 0.29) is 14.5 Å². The molecule has 0 amide bonds. The Bertz CT molecular complexity index is 3010. The molecule has 0 nitrogen and oxygen atoms in total. The van der Waals surface area contributed by atoms with E-state index in [1.54, 1.807) is 22.7 Å². The molecule has 0 radical (unpaired) electrons. The molecule has 0 aliphatic carbocycles. The van der Waals surface area contributed by atoms with E-state index in [4.69, 9.17) is 0 Å². The van der Waals surface area contributed by atoms with E-state index in [2.05, 4.69) is 167 Å². The molecular formula is C48H28S2Se. The first-order chi connectivity index (χ1) is 25.3. The van der Waals surface area contributed by atoms with Crippen molar-refractivity contribution in [2.45, 2.75) is 0 Å². The predicted octanol–water partition coefficient (Wildman–Crippen LogP) is 14.5. The molecule has 0 spiro atoms. The fourth-order valence-electron chi connectivity index (χ4n) is 8.44. The molecule has 0 saturated heterocycles. The van der Waals surface area contributed by atoms with E-state index in [1.165, 1.54) is 107 Å². The molecule has 0 saturated carbocycles. The van der Waals surface area contributed by atoms with E-state index < -0.39 is 0 Å². The number of hydrogen-bond acceptors (Lipinski definition) is 2. The molecule has 238 valence electrons. The van der Waals surface area contributed by atoms with Crippen LogP contribution in [0.1, 0.15) is 0 Å². The molecule has 0 aliphatic rings. The number of benzene rings is 8. The molecule has 3 heteroatoms. The summed E-state index contributed by atoms with van der Waals surface area (Å²) in [5, 5.41) is 22.2. The van der Waals surface area contributed by atoms with Crippen LogP contribution >= 0.6 is 22.7 Å². The summed E-state index contributed by atoms with van der Waals surface area (Å²) in [4.78, 5) is 0. The van der Waals surface area contributed by atoms with Crippen molar-refractivity contribution in [1.29, 1.82) is 0 Å². The third-order valence-corrected chi connectivity index (χ3v) is 14.4. The summed E-state index contributed by atoms with van der Waals surface area (Å²) >= 11 is 3.67. The summed E-state index contributed by atoms with van der Waals surface area (Å²) < 4.78 is 2.94. The van der Waals surface area contributed by atoms with Crippen molar-refractivity contribution in [2.75, 3.05) is 0 Å². The van der Waals surface area contributed by atoms with E-state index in [1.807, 2.05) is 0 Å². The average molecular weight is 748 g/mol. The number of fused-ring (bicyclic) bond motifs is 7. The monoisotopic (exact) mass is 748 g/mol. The summed E-state index contributed by atoms with van der Waals surface area (Å²) in [6.45, 7) is 0. The van der Waals surface area contributed by atoms with Crippen LogP contribution in [0.25, 0.3) is 107 Å². The minimum atomic E-state index is 0.147. The molecule has 3 heterocycles. The zero-order valence-corrected chi connectivity index (χ0v) is 30.7. The van der Waals surface area contributed by atoms with Gasteiger partial charge in [-0.15, -0.1) is 0 Å². The van der Waals surface area contributed by atoms with Crippen LogP contribution < -0.4 is 0 Å². The first-order valence-corrected chi connectivity index (χ1v) is 20.8. The van der Waals surface area contributed by atoms with Gasteiger partial charge in [-0.05, 0) is 0 Å². The van der Waals surface area contributed by atoms with Gasteiger partial charge in [0, 0.05) is 0 Å². The van der Waals surface area contributed by atoms with Gasteiger partial charge < -0.3 is 0 Å². The zero-order valence-electron chi connectivity index (χ0n) is 27.4. The van der Waals surface area contributed by atoms with Gasteiger partial charge in [-0.25, -0.2) is 0 Å². The average Bonchev–Trinajstić information content (AvgIpc) is 3.98. The molecule has 0 unspecified atom stereocenters. The van der Waals surface area contributed by atoms with Crippen LogP contribution in [-0.2, 0) is 0 Å². The van der Waals surface area contributed by atoms with Gasteiger partial charge in [0.25, 0.3) is 0 Å². The van der Waals surface area contributed by atoms with Crippen molar-refractivity contribution >= 4 is 99.6 Å². The van der Waals surface area contributed by atoms with Crippen molar-refractivity contribution in [3.05, 3.63) is 167 Å². The predicted molar refractivity (Wildman–Crippen MR) is 226 cm³/mol. The molecule has 0 bridgehead atoms. The topological polar surface area (TPSA) is 0 Å². The molecule has 0 aliphatic heterocycles. The second-order valence-corrected chi connectivity index (χ2v) is 17.0. The van der Waals surface area contributed by atoms with Gasteiger partial charge in [0.15, 0.2) is 0 Å². The first kappa shape index (κ1) is 29.4. The van der Waals surface area contributed by atoms with Crippen LogP contribution in [0.15, 0.2) is 167 Å². The Kier molecular flexibility index (Phi) is 6.72. The normalized spacial score (nSPS) is 11.9. The number of hydrogen-bond donors (Lipinski definition) is 0. The van der Waals surface area contributed by atoms with Gasteiger partial charge in [0.1, 0.15) is 0 Å². The van der Waals surface area contributed by atoms with Crippen LogP contribution in [-0.4, -0.2) is 14.5 Å². The van der Waals surface area contributed by atoms with Crippen LogP contribution in [0, 0.1) is 0 Å². The molecule has 11 rings (SSSR count). The number of rotatable bonds is 4. The minimum absolute atomic E-state index is 0.147. The summed E-state index contributed by atoms with van der Waals surface area (Å²) in [5.41, 5.74) is 10.6. The van der Waals surface area contributed by atoms with Crippen LogP contribution in [0.4, 0.5) is 0 Å². The molecule has 51 heavy (non-hydrogen) atoms. The quantitative estimate of drug-likeness (QED) is 0.124. The molecule has 0 fully saturated rings. The molecule has 0 N–H and O–H groups in total. The zero-order chi connectivity index (χ0) is 33.5. The standard InChI is InChI=1S/C48H28S2Se/c1-3-12-35-33(10-1)44(34-11-2-4-13-36(34)45(35)30-22-24-49-27-30)29-20-21-32-41-18-9-19-42(48(41)51-43(32)26-29)47-39-16-7-5-14-37(39)46(31-23-25-50-28-31)38-15-6-8-17-40(38)47/h1-28H. The van der Waals surface area contributed by atoms with Crippen molar-refractivity contribution in [1.82, 2.24) is 0 Å². The molecule has 8 aromatic carbocycles. The van der Waals surface area contributed by atoms with E-state index in [9.17, 15) is 0 Å². The third-order valence-electron chi connectivity index (χ3n) is 10.5. The van der Waals surface area contributed by atoms with Gasteiger partial charge in [-0.1, -0.05) is 0 Å². The van der Waals surface area contributed by atoms with E-state index in [0.29, 0.717) is 0 Å². The van der Waals surface area contributed by atoms with E-state index in [0.717, 1.165) is 0 Å². The maximum atomic E-state index is 2.51. The Morgan fingerprint density at radius 3 is 1.22 bits per heavy atom. The van der Waals surface area contributed by atoms with Gasteiger partial charge >= 0.3 is 311 Å². The van der Waals surface area contributed by atoms with Crippen molar-refractivity contribution < 1.29 is 0 Å². The van der Waals surface area contributed by atoms with Gasteiger partial charge in [-0.3, -0.25) is 0 Å². The Balaban J connectivity index is 1.18. The Labute approximate surface area is 309 Å². The van der Waals surface area contributed by atoms with Crippen LogP contribution in [0.2, 0.25) is 0 Å². The van der Waals surface area contributed by atoms with Crippen molar-refractivity contribution in [3.8, 4) is 44.5 Å². The molecule has 0 atom stereocenters. The molecular weight excluding hydrogens is 720 g/mol. The summed E-state index contributed by atoms with van der Waals surface area (Å²) in [7, 11) is 0. The fraction of sp³-hybridized carbons (Fsp3) is 0. The number of thiophene rings is 2. The Hall–Kier alpha value is -5.28. The molecule has 3 aromatic heterocycles. The summed E-state index contributed by atoms with van der Waals surface area (Å²) in [5.74, 6) is 0. The molecule has 11 aromatic rings. The second kappa shape index (κ2) is 11.6. The van der Waals surface area contributed by atoms with Gasteiger partial charge in [0.05, 0.1) is 0 Å². The maximum absolute atomic E-state index is 2.51. The third kappa shape index (κ3) is 4.43. The SMILES string of the molecule is c1ccc2c(-c3ccc4c(c3)[se]c3c(-c5c6ccccc6c(-c6ccsc6)c6ccccc56)cccc34)c3ccccc3c(-c3ccsc3)c2c1. The summed E-state index contributed by atoms with van der Waals surface area (Å²) in [6, 6.07) is 54.8. The first-order valence-electron chi connectivity index (χ1n) is 17.2. The van der Waals surface area contributed by atoms with Crippen LogP contribution in [0.3, 0.4) is 0 Å². The van der Waals surface area contributed by atoms with Crippen molar-refractivity contribution in [2.24, 2.45) is 0 Å². The van der Waals surface area contributed by atoms with Crippen molar-refractivity contribution in [3.63, 3.8) is 0 Å². The van der Waals surface area contributed by atoms with Gasteiger partial charge in [0.2, 0.25) is 0 Å².